The summed E-state index contributed by atoms with van der Waals surface area (Å²) >= 11 is 8.55. The van der Waals surface area contributed by atoms with Gasteiger partial charge in [0.2, 0.25) is 0 Å². The molecule has 0 amide bonds. The predicted octanol–water partition coefficient (Wildman–Crippen LogP) is 2.85. The van der Waals surface area contributed by atoms with E-state index in [1.807, 2.05) is 6.07 Å². The highest BCUT2D eigenvalue weighted by Gasteiger charge is 2.18. The molecule has 0 aliphatic heterocycles. The van der Waals surface area contributed by atoms with Crippen LogP contribution in [0.25, 0.3) is 0 Å². The third-order valence-corrected chi connectivity index (χ3v) is 2.51. The Hall–Kier alpha value is -1.32. The first kappa shape index (κ1) is 12.7. The number of rotatable bonds is 4. The molecular formula is C9H6BrClN2O3. The number of hydrogen-bond acceptors (Lipinski definition) is 4. The van der Waals surface area contributed by atoms with Crippen LogP contribution in [0.4, 0.5) is 5.69 Å². The van der Waals surface area contributed by atoms with Crippen LogP contribution >= 0.6 is 27.5 Å². The fourth-order valence-electron chi connectivity index (χ4n) is 1.04. The van der Waals surface area contributed by atoms with Gasteiger partial charge in [-0.1, -0.05) is 0 Å². The highest BCUT2D eigenvalue weighted by Crippen LogP contribution is 2.32. The Balaban J connectivity index is 3.20. The maximum atomic E-state index is 10.7. The van der Waals surface area contributed by atoms with Crippen molar-refractivity contribution >= 4 is 33.2 Å². The molecule has 5 nitrogen and oxygen atoms in total. The molecule has 0 bridgehead atoms. The molecule has 0 fully saturated rings. The minimum absolute atomic E-state index is 0.0940. The Morgan fingerprint density at radius 3 is 2.81 bits per heavy atom. The van der Waals surface area contributed by atoms with Gasteiger partial charge < -0.3 is 4.74 Å². The summed E-state index contributed by atoms with van der Waals surface area (Å²) < 4.78 is 5.56. The van der Waals surface area contributed by atoms with Crippen molar-refractivity contribution < 1.29 is 9.66 Å². The van der Waals surface area contributed by atoms with Gasteiger partial charge in [-0.2, -0.15) is 5.26 Å². The van der Waals surface area contributed by atoms with E-state index in [4.69, 9.17) is 21.6 Å². The lowest BCUT2D eigenvalue weighted by atomic mass is 10.2. The molecule has 0 atom stereocenters. The van der Waals surface area contributed by atoms with E-state index in [-0.39, 0.29) is 29.5 Å². The van der Waals surface area contributed by atoms with Gasteiger partial charge in [-0.15, -0.1) is 11.6 Å². The molecule has 0 radical (unpaired) electrons. The lowest BCUT2D eigenvalue weighted by molar-refractivity contribution is -0.385. The number of nitrogens with zero attached hydrogens (tertiary/aromatic N) is 2. The largest absolute Gasteiger partial charge is 0.486 e. The fourth-order valence-corrected chi connectivity index (χ4v) is 1.52. The number of nitriles is 1. The molecule has 1 aromatic rings. The molecule has 1 rings (SSSR count). The van der Waals surface area contributed by atoms with E-state index in [1.54, 1.807) is 0 Å². The quantitative estimate of drug-likeness (QED) is 0.487. The van der Waals surface area contributed by atoms with Gasteiger partial charge in [0.1, 0.15) is 12.7 Å². The zero-order valence-electron chi connectivity index (χ0n) is 7.94. The minimum atomic E-state index is -0.600. The van der Waals surface area contributed by atoms with Crippen molar-refractivity contribution in [1.82, 2.24) is 0 Å². The molecule has 1 aromatic carbocycles. The Morgan fingerprint density at radius 2 is 2.31 bits per heavy atom. The average Bonchev–Trinajstić information content (AvgIpc) is 2.25. The summed E-state index contributed by atoms with van der Waals surface area (Å²) in [6.45, 7) is 0.167. The monoisotopic (exact) mass is 304 g/mol. The van der Waals surface area contributed by atoms with Gasteiger partial charge in [-0.25, -0.2) is 0 Å². The molecule has 0 saturated carbocycles. The van der Waals surface area contributed by atoms with Crippen molar-refractivity contribution in [3.8, 4) is 11.8 Å². The SMILES string of the molecule is N#Cc1cc([N+](=O)[O-])c(OCCCl)cc1Br. The van der Waals surface area contributed by atoms with Crippen LogP contribution in [0.15, 0.2) is 16.6 Å². The van der Waals surface area contributed by atoms with Crippen molar-refractivity contribution in [3.63, 3.8) is 0 Å². The van der Waals surface area contributed by atoms with Gasteiger partial charge in [-0.05, 0) is 15.9 Å². The van der Waals surface area contributed by atoms with E-state index >= 15 is 0 Å². The third-order valence-electron chi connectivity index (χ3n) is 1.70. The van der Waals surface area contributed by atoms with E-state index in [0.717, 1.165) is 6.07 Å². The maximum Gasteiger partial charge on any atom is 0.312 e. The van der Waals surface area contributed by atoms with Crippen LogP contribution < -0.4 is 4.74 Å². The zero-order valence-corrected chi connectivity index (χ0v) is 10.3. The summed E-state index contributed by atoms with van der Waals surface area (Å²) in [4.78, 5) is 10.1. The summed E-state index contributed by atoms with van der Waals surface area (Å²) in [7, 11) is 0. The minimum Gasteiger partial charge on any atom is -0.486 e. The van der Waals surface area contributed by atoms with Crippen LogP contribution in [0.2, 0.25) is 0 Å². The molecule has 0 spiro atoms. The van der Waals surface area contributed by atoms with E-state index in [1.165, 1.54) is 6.07 Å². The average molecular weight is 306 g/mol. The smallest absolute Gasteiger partial charge is 0.312 e. The first-order chi connectivity index (χ1) is 7.60. The number of nitro groups is 1. The first-order valence-corrected chi connectivity index (χ1v) is 5.49. The fraction of sp³-hybridized carbons (Fsp3) is 0.222. The zero-order chi connectivity index (χ0) is 12.1. The number of nitro benzene ring substituents is 1. The van der Waals surface area contributed by atoms with E-state index in [9.17, 15) is 10.1 Å². The lowest BCUT2D eigenvalue weighted by Gasteiger charge is -2.06. The molecule has 16 heavy (non-hydrogen) atoms. The Labute approximate surface area is 105 Å². The molecule has 0 aromatic heterocycles. The molecule has 0 N–H and O–H groups in total. The van der Waals surface area contributed by atoms with Gasteiger partial charge in [0.05, 0.1) is 16.4 Å². The summed E-state index contributed by atoms with van der Waals surface area (Å²) in [5.74, 6) is 0.325. The Bertz CT molecular complexity index is 459. The van der Waals surface area contributed by atoms with Crippen LogP contribution in [0.1, 0.15) is 5.56 Å². The van der Waals surface area contributed by atoms with E-state index in [0.29, 0.717) is 4.47 Å². The second-order valence-electron chi connectivity index (χ2n) is 2.71. The van der Waals surface area contributed by atoms with Crippen LogP contribution in [-0.4, -0.2) is 17.4 Å². The summed E-state index contributed by atoms with van der Waals surface area (Å²) in [6, 6.07) is 4.39. The molecule has 0 unspecified atom stereocenters. The van der Waals surface area contributed by atoms with Crippen LogP contribution in [-0.2, 0) is 0 Å². The van der Waals surface area contributed by atoms with Crippen LogP contribution in [0.5, 0.6) is 5.75 Å². The van der Waals surface area contributed by atoms with E-state index < -0.39 is 4.92 Å². The summed E-state index contributed by atoms with van der Waals surface area (Å²) in [5, 5.41) is 19.5. The summed E-state index contributed by atoms with van der Waals surface area (Å²) in [6.07, 6.45) is 0. The second kappa shape index (κ2) is 5.68. The topological polar surface area (TPSA) is 76.2 Å². The van der Waals surface area contributed by atoms with Crippen molar-refractivity contribution in [2.45, 2.75) is 0 Å². The van der Waals surface area contributed by atoms with E-state index in [2.05, 4.69) is 15.9 Å². The lowest BCUT2D eigenvalue weighted by Crippen LogP contribution is -2.02. The highest BCUT2D eigenvalue weighted by atomic mass is 79.9. The van der Waals surface area contributed by atoms with Gasteiger partial charge in [0, 0.05) is 16.6 Å². The molecule has 7 heteroatoms. The first-order valence-electron chi connectivity index (χ1n) is 4.17. The number of halogens is 2. The molecular weight excluding hydrogens is 299 g/mol. The molecule has 0 heterocycles. The molecule has 0 aliphatic rings. The van der Waals surface area contributed by atoms with Crippen LogP contribution in [0, 0.1) is 21.4 Å². The number of alkyl halides is 1. The standard InChI is InChI=1S/C9H6BrClN2O3/c10-7-4-9(16-2-1-11)8(13(14)15)3-6(7)5-12/h3-4H,1-2H2. The van der Waals surface area contributed by atoms with Gasteiger partial charge >= 0.3 is 5.69 Å². The third kappa shape index (κ3) is 2.84. The second-order valence-corrected chi connectivity index (χ2v) is 3.94. The molecule has 0 aliphatic carbocycles. The highest BCUT2D eigenvalue weighted by molar-refractivity contribution is 9.10. The Kier molecular flexibility index (Phi) is 4.52. The van der Waals surface area contributed by atoms with Crippen molar-refractivity contribution in [1.29, 1.82) is 5.26 Å². The molecule has 0 saturated heterocycles. The normalized spacial score (nSPS) is 9.56. The maximum absolute atomic E-state index is 10.7. The Morgan fingerprint density at radius 1 is 1.62 bits per heavy atom. The van der Waals surface area contributed by atoms with Crippen molar-refractivity contribution in [3.05, 3.63) is 32.3 Å². The summed E-state index contributed by atoms with van der Waals surface area (Å²) in [5.41, 5.74) is -0.0604. The van der Waals surface area contributed by atoms with Gasteiger partial charge in [0.15, 0.2) is 5.75 Å². The van der Waals surface area contributed by atoms with Gasteiger partial charge in [0.25, 0.3) is 0 Å². The number of benzene rings is 1. The predicted molar refractivity (Wildman–Crippen MR) is 61.7 cm³/mol. The van der Waals surface area contributed by atoms with Crippen LogP contribution in [0.3, 0.4) is 0 Å². The number of hydrogen-bond donors (Lipinski definition) is 0. The van der Waals surface area contributed by atoms with Crippen molar-refractivity contribution in [2.24, 2.45) is 0 Å². The molecule has 84 valence electrons. The van der Waals surface area contributed by atoms with Gasteiger partial charge in [-0.3, -0.25) is 10.1 Å². The number of ether oxygens (including phenoxy) is 1. The van der Waals surface area contributed by atoms with Crippen molar-refractivity contribution in [2.75, 3.05) is 12.5 Å².